The van der Waals surface area contributed by atoms with Crippen molar-refractivity contribution in [2.75, 3.05) is 6.61 Å². The van der Waals surface area contributed by atoms with Crippen molar-refractivity contribution in [1.82, 2.24) is 0 Å². The Labute approximate surface area is 129 Å². The van der Waals surface area contributed by atoms with Gasteiger partial charge in [0.25, 0.3) is 0 Å². The molecule has 4 heteroatoms. The van der Waals surface area contributed by atoms with E-state index in [4.69, 9.17) is 9.84 Å². The maximum absolute atomic E-state index is 11.5. The summed E-state index contributed by atoms with van der Waals surface area (Å²) in [7, 11) is 0. The van der Waals surface area contributed by atoms with Crippen LogP contribution in [0.4, 0.5) is 0 Å². The average molecular weight is 300 g/mol. The lowest BCUT2D eigenvalue weighted by Gasteiger charge is -2.12. The third-order valence-electron chi connectivity index (χ3n) is 3.62. The van der Waals surface area contributed by atoms with Crippen LogP contribution in [-0.4, -0.2) is 23.7 Å². The summed E-state index contributed by atoms with van der Waals surface area (Å²) in [6.07, 6.45) is 7.35. The van der Waals surface area contributed by atoms with Gasteiger partial charge < -0.3 is 9.84 Å². The van der Waals surface area contributed by atoms with E-state index in [-0.39, 0.29) is 12.4 Å². The Morgan fingerprint density at radius 3 is 2.19 bits per heavy atom. The van der Waals surface area contributed by atoms with Crippen molar-refractivity contribution in [3.05, 3.63) is 0 Å². The third-order valence-corrected chi connectivity index (χ3v) is 3.62. The van der Waals surface area contributed by atoms with Gasteiger partial charge >= 0.3 is 11.9 Å². The summed E-state index contributed by atoms with van der Waals surface area (Å²) in [6.45, 7) is 7.20. The van der Waals surface area contributed by atoms with Gasteiger partial charge in [-0.15, -0.1) is 0 Å². The summed E-state index contributed by atoms with van der Waals surface area (Å²) in [5.74, 6) is 0.437. The highest BCUT2D eigenvalue weighted by molar-refractivity contribution is 5.69. The first kappa shape index (κ1) is 19.9. The number of aliphatic carboxylic acids is 1. The first-order chi connectivity index (χ1) is 9.91. The van der Waals surface area contributed by atoms with Crippen molar-refractivity contribution in [3.8, 4) is 0 Å². The lowest BCUT2D eigenvalue weighted by atomic mass is 9.98. The Morgan fingerprint density at radius 2 is 1.57 bits per heavy atom. The zero-order valence-corrected chi connectivity index (χ0v) is 13.9. The van der Waals surface area contributed by atoms with E-state index in [9.17, 15) is 9.59 Å². The first-order valence-electron chi connectivity index (χ1n) is 8.29. The van der Waals surface area contributed by atoms with Crippen LogP contribution in [0.1, 0.15) is 78.6 Å². The molecule has 1 N–H and O–H groups in total. The minimum Gasteiger partial charge on any atom is -0.481 e. The fourth-order valence-corrected chi connectivity index (χ4v) is 2.19. The highest BCUT2D eigenvalue weighted by Crippen LogP contribution is 2.15. The van der Waals surface area contributed by atoms with Crippen LogP contribution in [0, 0.1) is 11.8 Å². The molecule has 0 heterocycles. The van der Waals surface area contributed by atoms with Gasteiger partial charge in [0.2, 0.25) is 0 Å². The number of ether oxygens (including phenoxy) is 1. The number of esters is 1. The van der Waals surface area contributed by atoms with E-state index in [1.165, 1.54) is 19.3 Å². The lowest BCUT2D eigenvalue weighted by molar-refractivity contribution is -0.144. The fourth-order valence-electron chi connectivity index (χ4n) is 2.19. The van der Waals surface area contributed by atoms with Gasteiger partial charge in [-0.25, -0.2) is 0 Å². The number of hydrogen-bond acceptors (Lipinski definition) is 3. The molecule has 0 fully saturated rings. The number of carboxylic acid groups (broad SMARTS) is 1. The molecule has 0 rings (SSSR count). The topological polar surface area (TPSA) is 63.6 Å². The average Bonchev–Trinajstić information content (AvgIpc) is 2.37. The van der Waals surface area contributed by atoms with E-state index in [2.05, 4.69) is 20.8 Å². The van der Waals surface area contributed by atoms with E-state index in [1.807, 2.05) is 0 Å². The van der Waals surface area contributed by atoms with Crippen LogP contribution < -0.4 is 0 Å². The smallest absolute Gasteiger partial charge is 0.305 e. The van der Waals surface area contributed by atoms with Crippen LogP contribution in [0.3, 0.4) is 0 Å². The summed E-state index contributed by atoms with van der Waals surface area (Å²) in [4.78, 5) is 21.8. The predicted octanol–water partition coefficient (Wildman–Crippen LogP) is 4.42. The molecular formula is C17H32O4. The number of unbranched alkanes of at least 4 members (excludes halogenated alkanes) is 2. The maximum Gasteiger partial charge on any atom is 0.305 e. The second-order valence-electron chi connectivity index (χ2n) is 6.39. The molecule has 0 aliphatic rings. The molecule has 1 unspecified atom stereocenters. The molecule has 0 radical (unpaired) electrons. The summed E-state index contributed by atoms with van der Waals surface area (Å²) in [5, 5.41) is 8.49. The quantitative estimate of drug-likeness (QED) is 0.404. The summed E-state index contributed by atoms with van der Waals surface area (Å²) in [6, 6.07) is 0. The summed E-state index contributed by atoms with van der Waals surface area (Å²) >= 11 is 0. The van der Waals surface area contributed by atoms with Crippen LogP contribution in [0.15, 0.2) is 0 Å². The second-order valence-corrected chi connectivity index (χ2v) is 6.39. The van der Waals surface area contributed by atoms with E-state index in [1.54, 1.807) is 0 Å². The zero-order chi connectivity index (χ0) is 16.1. The molecule has 1 atom stereocenters. The molecule has 0 aromatic rings. The summed E-state index contributed by atoms with van der Waals surface area (Å²) in [5.41, 5.74) is 0. The second kappa shape index (κ2) is 12.7. The number of carbonyl (C=O) groups excluding carboxylic acids is 1. The minimum absolute atomic E-state index is 0.153. The Hall–Kier alpha value is -1.06. The Balaban J connectivity index is 3.41. The van der Waals surface area contributed by atoms with Crippen molar-refractivity contribution in [2.24, 2.45) is 11.8 Å². The van der Waals surface area contributed by atoms with Crippen LogP contribution in [0.25, 0.3) is 0 Å². The van der Waals surface area contributed by atoms with Crippen molar-refractivity contribution in [1.29, 1.82) is 0 Å². The van der Waals surface area contributed by atoms with Gasteiger partial charge in [-0.2, -0.15) is 0 Å². The molecule has 0 spiro atoms. The molecular weight excluding hydrogens is 268 g/mol. The molecule has 0 saturated carbocycles. The first-order valence-corrected chi connectivity index (χ1v) is 8.29. The molecule has 21 heavy (non-hydrogen) atoms. The van der Waals surface area contributed by atoms with Crippen LogP contribution in [0.2, 0.25) is 0 Å². The minimum atomic E-state index is -0.774. The van der Waals surface area contributed by atoms with E-state index < -0.39 is 5.97 Å². The predicted molar refractivity (Wildman–Crippen MR) is 84.1 cm³/mol. The fraction of sp³-hybridized carbons (Fsp3) is 0.882. The standard InChI is InChI=1S/C17H32O4/c1-14(2)8-7-9-15(3)12-13-21-17(20)11-6-4-5-10-16(18)19/h14-15H,4-13H2,1-3H3,(H,18,19). The molecule has 0 bridgehead atoms. The van der Waals surface area contributed by atoms with Crippen molar-refractivity contribution in [2.45, 2.75) is 78.6 Å². The van der Waals surface area contributed by atoms with Crippen molar-refractivity contribution >= 4 is 11.9 Å². The van der Waals surface area contributed by atoms with E-state index in [0.717, 1.165) is 25.2 Å². The Bertz CT molecular complexity index is 287. The zero-order valence-electron chi connectivity index (χ0n) is 13.9. The molecule has 0 aromatic heterocycles. The van der Waals surface area contributed by atoms with Crippen LogP contribution in [-0.2, 0) is 14.3 Å². The third kappa shape index (κ3) is 15.2. The van der Waals surface area contributed by atoms with E-state index >= 15 is 0 Å². The molecule has 0 aliphatic carbocycles. The van der Waals surface area contributed by atoms with Crippen molar-refractivity contribution < 1.29 is 19.4 Å². The highest BCUT2D eigenvalue weighted by Gasteiger charge is 2.07. The van der Waals surface area contributed by atoms with Crippen LogP contribution >= 0.6 is 0 Å². The maximum atomic E-state index is 11.5. The molecule has 0 aliphatic heterocycles. The Morgan fingerprint density at radius 1 is 0.905 bits per heavy atom. The van der Waals surface area contributed by atoms with Gasteiger partial charge in [-0.1, -0.05) is 46.5 Å². The monoisotopic (exact) mass is 300 g/mol. The van der Waals surface area contributed by atoms with E-state index in [0.29, 0.717) is 25.4 Å². The highest BCUT2D eigenvalue weighted by atomic mass is 16.5. The van der Waals surface area contributed by atoms with Gasteiger partial charge in [-0.3, -0.25) is 9.59 Å². The van der Waals surface area contributed by atoms with Crippen molar-refractivity contribution in [3.63, 3.8) is 0 Å². The van der Waals surface area contributed by atoms with Gasteiger partial charge in [0.05, 0.1) is 6.61 Å². The summed E-state index contributed by atoms with van der Waals surface area (Å²) < 4.78 is 5.21. The SMILES string of the molecule is CC(C)CCCC(C)CCOC(=O)CCCCCC(=O)O. The molecule has 0 saturated heterocycles. The number of rotatable bonds is 13. The number of carbonyl (C=O) groups is 2. The lowest BCUT2D eigenvalue weighted by Crippen LogP contribution is -2.09. The van der Waals surface area contributed by atoms with Gasteiger partial charge in [0, 0.05) is 12.8 Å². The van der Waals surface area contributed by atoms with Gasteiger partial charge in [-0.05, 0) is 31.1 Å². The Kier molecular flexibility index (Phi) is 12.0. The molecule has 124 valence electrons. The number of carboxylic acids is 1. The molecule has 4 nitrogen and oxygen atoms in total. The van der Waals surface area contributed by atoms with Gasteiger partial charge in [0.1, 0.15) is 0 Å². The largest absolute Gasteiger partial charge is 0.481 e. The molecule has 0 amide bonds. The normalized spacial score (nSPS) is 12.4. The van der Waals surface area contributed by atoms with Crippen LogP contribution in [0.5, 0.6) is 0 Å². The molecule has 0 aromatic carbocycles. The van der Waals surface area contributed by atoms with Gasteiger partial charge in [0.15, 0.2) is 0 Å². The number of hydrogen-bond donors (Lipinski definition) is 1.